The van der Waals surface area contributed by atoms with Crippen molar-refractivity contribution >= 4 is 11.3 Å². The molecular weight excluding hydrogens is 288 g/mol. The van der Waals surface area contributed by atoms with Crippen molar-refractivity contribution in [3.8, 4) is 11.6 Å². The first-order chi connectivity index (χ1) is 10.3. The maximum absolute atomic E-state index is 5.33. The number of aromatic nitrogens is 3. The number of furan rings is 1. The highest BCUT2D eigenvalue weighted by Crippen LogP contribution is 2.29. The zero-order valence-electron chi connectivity index (χ0n) is 11.5. The van der Waals surface area contributed by atoms with E-state index in [1.165, 1.54) is 0 Å². The highest BCUT2D eigenvalue weighted by atomic mass is 32.1. The number of thiazole rings is 1. The van der Waals surface area contributed by atoms with Crippen LogP contribution in [0.2, 0.25) is 0 Å². The lowest BCUT2D eigenvalue weighted by atomic mass is 10.00. The van der Waals surface area contributed by atoms with Crippen LogP contribution in [-0.2, 0) is 6.54 Å². The van der Waals surface area contributed by atoms with Gasteiger partial charge in [0.25, 0.3) is 0 Å². The molecular formula is C14H14N4O2S. The molecule has 0 atom stereocenters. The molecule has 21 heavy (non-hydrogen) atoms. The summed E-state index contributed by atoms with van der Waals surface area (Å²) in [5.74, 6) is 2.15. The Morgan fingerprint density at radius 2 is 2.29 bits per heavy atom. The van der Waals surface area contributed by atoms with Crippen LogP contribution in [0.1, 0.15) is 22.5 Å². The number of rotatable bonds is 4. The fourth-order valence-electron chi connectivity index (χ4n) is 2.47. The fourth-order valence-corrected chi connectivity index (χ4v) is 3.08. The van der Waals surface area contributed by atoms with E-state index >= 15 is 0 Å². The van der Waals surface area contributed by atoms with E-state index in [1.807, 2.05) is 19.1 Å². The first kappa shape index (κ1) is 12.7. The molecule has 0 amide bonds. The molecule has 1 saturated heterocycles. The van der Waals surface area contributed by atoms with Crippen LogP contribution >= 0.6 is 11.3 Å². The molecule has 0 radical (unpaired) electrons. The van der Waals surface area contributed by atoms with Gasteiger partial charge in [0.1, 0.15) is 0 Å². The summed E-state index contributed by atoms with van der Waals surface area (Å²) in [5, 5.41) is 7.19. The maximum Gasteiger partial charge on any atom is 0.238 e. The molecule has 108 valence electrons. The Labute approximate surface area is 125 Å². The lowest BCUT2D eigenvalue weighted by Gasteiger charge is -2.36. The molecule has 0 spiro atoms. The lowest BCUT2D eigenvalue weighted by molar-refractivity contribution is 0.116. The van der Waals surface area contributed by atoms with Crippen molar-refractivity contribution in [3.05, 3.63) is 40.4 Å². The highest BCUT2D eigenvalue weighted by molar-refractivity contribution is 7.09. The normalized spacial score (nSPS) is 16.2. The summed E-state index contributed by atoms with van der Waals surface area (Å²) >= 11 is 1.69. The van der Waals surface area contributed by atoms with Gasteiger partial charge in [0.2, 0.25) is 11.7 Å². The van der Waals surface area contributed by atoms with Gasteiger partial charge < -0.3 is 8.94 Å². The maximum atomic E-state index is 5.33. The molecule has 1 aliphatic rings. The van der Waals surface area contributed by atoms with Gasteiger partial charge >= 0.3 is 0 Å². The van der Waals surface area contributed by atoms with E-state index < -0.39 is 0 Å². The highest BCUT2D eigenvalue weighted by Gasteiger charge is 2.33. The Bertz CT molecular complexity index is 728. The first-order valence-electron chi connectivity index (χ1n) is 6.79. The monoisotopic (exact) mass is 302 g/mol. The molecule has 6 nitrogen and oxygen atoms in total. The third-order valence-corrected chi connectivity index (χ3v) is 4.36. The second-order valence-corrected chi connectivity index (χ2v) is 6.24. The zero-order chi connectivity index (χ0) is 14.2. The number of nitrogens with zero attached hydrogens (tertiary/aromatic N) is 4. The Morgan fingerprint density at radius 1 is 1.38 bits per heavy atom. The van der Waals surface area contributed by atoms with E-state index in [4.69, 9.17) is 8.94 Å². The molecule has 4 rings (SSSR count). The van der Waals surface area contributed by atoms with Gasteiger partial charge in [0.15, 0.2) is 5.76 Å². The molecule has 0 aromatic carbocycles. The van der Waals surface area contributed by atoms with Crippen LogP contribution in [0.25, 0.3) is 11.6 Å². The summed E-state index contributed by atoms with van der Waals surface area (Å²) in [6, 6.07) is 3.64. The number of likely N-dealkylation sites (tertiary alicyclic amines) is 1. The van der Waals surface area contributed by atoms with Gasteiger partial charge in [-0.2, -0.15) is 4.98 Å². The van der Waals surface area contributed by atoms with Crippen LogP contribution in [0.4, 0.5) is 0 Å². The average molecular weight is 302 g/mol. The van der Waals surface area contributed by atoms with Gasteiger partial charge in [0, 0.05) is 25.0 Å². The third-order valence-electron chi connectivity index (χ3n) is 3.54. The summed E-state index contributed by atoms with van der Waals surface area (Å²) in [6.07, 6.45) is 1.60. The molecule has 0 unspecified atom stereocenters. The second kappa shape index (κ2) is 5.09. The minimum absolute atomic E-state index is 0.306. The van der Waals surface area contributed by atoms with Crippen molar-refractivity contribution in [1.29, 1.82) is 0 Å². The lowest BCUT2D eigenvalue weighted by Crippen LogP contribution is -2.44. The van der Waals surface area contributed by atoms with Crippen LogP contribution < -0.4 is 0 Å². The van der Waals surface area contributed by atoms with Crippen LogP contribution in [0.15, 0.2) is 32.7 Å². The van der Waals surface area contributed by atoms with Gasteiger partial charge in [-0.05, 0) is 19.1 Å². The minimum atomic E-state index is 0.306. The Hall–Kier alpha value is -1.99. The van der Waals surface area contributed by atoms with Crippen LogP contribution in [0.5, 0.6) is 0 Å². The molecule has 4 heterocycles. The quantitative estimate of drug-likeness (QED) is 0.738. The number of aryl methyl sites for hydroxylation is 1. The molecule has 7 heteroatoms. The van der Waals surface area contributed by atoms with Gasteiger partial charge in [-0.15, -0.1) is 11.3 Å². The van der Waals surface area contributed by atoms with E-state index in [0.717, 1.165) is 30.3 Å². The largest absolute Gasteiger partial charge is 0.461 e. The third kappa shape index (κ3) is 2.50. The van der Waals surface area contributed by atoms with Crippen molar-refractivity contribution in [2.75, 3.05) is 13.1 Å². The van der Waals surface area contributed by atoms with Gasteiger partial charge in [0.05, 0.1) is 22.9 Å². The Kier molecular flexibility index (Phi) is 3.08. The van der Waals surface area contributed by atoms with Gasteiger partial charge in [-0.3, -0.25) is 4.90 Å². The Morgan fingerprint density at radius 3 is 3.00 bits per heavy atom. The van der Waals surface area contributed by atoms with Gasteiger partial charge in [-0.25, -0.2) is 4.98 Å². The van der Waals surface area contributed by atoms with Crippen molar-refractivity contribution < 1.29 is 8.94 Å². The first-order valence-corrected chi connectivity index (χ1v) is 7.67. The van der Waals surface area contributed by atoms with E-state index in [1.54, 1.807) is 17.6 Å². The molecule has 1 aliphatic heterocycles. The van der Waals surface area contributed by atoms with Crippen molar-refractivity contribution in [1.82, 2.24) is 20.0 Å². The summed E-state index contributed by atoms with van der Waals surface area (Å²) < 4.78 is 10.6. The zero-order valence-corrected chi connectivity index (χ0v) is 12.3. The average Bonchev–Trinajstić information content (AvgIpc) is 3.14. The van der Waals surface area contributed by atoms with E-state index in [0.29, 0.717) is 23.4 Å². The second-order valence-electron chi connectivity index (χ2n) is 5.18. The predicted octanol–water partition coefficient (Wildman–Crippen LogP) is 2.69. The minimum Gasteiger partial charge on any atom is -0.461 e. The van der Waals surface area contributed by atoms with Crippen LogP contribution in [0.3, 0.4) is 0 Å². The molecule has 0 aliphatic carbocycles. The van der Waals surface area contributed by atoms with E-state index in [9.17, 15) is 0 Å². The van der Waals surface area contributed by atoms with Crippen molar-refractivity contribution in [3.63, 3.8) is 0 Å². The van der Waals surface area contributed by atoms with Crippen molar-refractivity contribution in [2.24, 2.45) is 0 Å². The number of hydrogen-bond donors (Lipinski definition) is 0. The Balaban J connectivity index is 1.37. The molecule has 1 fully saturated rings. The SMILES string of the molecule is Cc1nc(CN2CC(c3nc(-c4ccco4)no3)C2)cs1. The smallest absolute Gasteiger partial charge is 0.238 e. The van der Waals surface area contributed by atoms with Crippen molar-refractivity contribution in [2.45, 2.75) is 19.4 Å². The van der Waals surface area contributed by atoms with Crippen LogP contribution in [-0.4, -0.2) is 33.1 Å². The standard InChI is InChI=1S/C14H14N4O2S/c1-9-15-11(8-21-9)7-18-5-10(6-18)14-16-13(17-20-14)12-3-2-4-19-12/h2-4,8,10H,5-7H2,1H3. The molecule has 3 aromatic rings. The molecule has 0 saturated carbocycles. The van der Waals surface area contributed by atoms with Gasteiger partial charge in [-0.1, -0.05) is 5.16 Å². The summed E-state index contributed by atoms with van der Waals surface area (Å²) in [7, 11) is 0. The molecule has 0 bridgehead atoms. The summed E-state index contributed by atoms with van der Waals surface area (Å²) in [4.78, 5) is 11.2. The van der Waals surface area contributed by atoms with Crippen LogP contribution in [0, 0.1) is 6.92 Å². The summed E-state index contributed by atoms with van der Waals surface area (Å²) in [6.45, 7) is 4.77. The van der Waals surface area contributed by atoms with E-state index in [2.05, 4.69) is 25.4 Å². The topological polar surface area (TPSA) is 68.2 Å². The molecule has 0 N–H and O–H groups in total. The summed E-state index contributed by atoms with van der Waals surface area (Å²) in [5.41, 5.74) is 1.14. The fraction of sp³-hybridized carbons (Fsp3) is 0.357. The number of hydrogen-bond acceptors (Lipinski definition) is 7. The predicted molar refractivity (Wildman–Crippen MR) is 76.9 cm³/mol. The van der Waals surface area contributed by atoms with E-state index in [-0.39, 0.29) is 0 Å². The molecule has 3 aromatic heterocycles.